The molecule has 3 rings (SSSR count). The standard InChI is InChI=1S/C16H14N2O/c1-17-15-9-10-18-16-8-7-13(11-14(15)16)19-12-5-3-2-4-6-12/h2-11H,1H3,(H,17,18). The number of benzene rings is 2. The van der Waals surface area contributed by atoms with Crippen molar-refractivity contribution in [1.29, 1.82) is 0 Å². The van der Waals surface area contributed by atoms with Crippen LogP contribution in [0.2, 0.25) is 0 Å². The Labute approximate surface area is 111 Å². The fourth-order valence-corrected chi connectivity index (χ4v) is 2.03. The number of fused-ring (bicyclic) bond motifs is 1. The molecule has 0 amide bonds. The molecule has 0 aliphatic rings. The van der Waals surface area contributed by atoms with Gasteiger partial charge in [-0.15, -0.1) is 0 Å². The van der Waals surface area contributed by atoms with Crippen LogP contribution in [0.5, 0.6) is 11.5 Å². The van der Waals surface area contributed by atoms with Crippen molar-refractivity contribution in [2.24, 2.45) is 0 Å². The van der Waals surface area contributed by atoms with Crippen molar-refractivity contribution >= 4 is 16.6 Å². The molecule has 1 N–H and O–H groups in total. The number of rotatable bonds is 3. The normalized spacial score (nSPS) is 10.4. The molecular weight excluding hydrogens is 236 g/mol. The number of nitrogens with one attached hydrogen (secondary N) is 1. The van der Waals surface area contributed by atoms with Gasteiger partial charge in [0.2, 0.25) is 0 Å². The van der Waals surface area contributed by atoms with Gasteiger partial charge in [-0.2, -0.15) is 0 Å². The highest BCUT2D eigenvalue weighted by molar-refractivity contribution is 5.91. The fourth-order valence-electron chi connectivity index (χ4n) is 2.03. The summed E-state index contributed by atoms with van der Waals surface area (Å²) in [5.41, 5.74) is 2.00. The summed E-state index contributed by atoms with van der Waals surface area (Å²) in [5, 5.41) is 4.22. The smallest absolute Gasteiger partial charge is 0.128 e. The monoisotopic (exact) mass is 250 g/mol. The van der Waals surface area contributed by atoms with E-state index < -0.39 is 0 Å². The van der Waals surface area contributed by atoms with E-state index in [9.17, 15) is 0 Å². The molecule has 19 heavy (non-hydrogen) atoms. The first-order chi connectivity index (χ1) is 9.36. The van der Waals surface area contributed by atoms with E-state index in [4.69, 9.17) is 4.74 Å². The minimum Gasteiger partial charge on any atom is -0.457 e. The highest BCUT2D eigenvalue weighted by Gasteiger charge is 2.03. The maximum Gasteiger partial charge on any atom is 0.128 e. The average molecular weight is 250 g/mol. The quantitative estimate of drug-likeness (QED) is 0.760. The van der Waals surface area contributed by atoms with Gasteiger partial charge in [0.15, 0.2) is 0 Å². The lowest BCUT2D eigenvalue weighted by Crippen LogP contribution is -1.91. The number of para-hydroxylation sites is 1. The van der Waals surface area contributed by atoms with Crippen LogP contribution in [-0.4, -0.2) is 12.0 Å². The van der Waals surface area contributed by atoms with Crippen LogP contribution in [0.15, 0.2) is 60.8 Å². The summed E-state index contributed by atoms with van der Waals surface area (Å²) in [4.78, 5) is 4.34. The molecule has 0 aliphatic heterocycles. The molecule has 2 aromatic carbocycles. The predicted octanol–water partition coefficient (Wildman–Crippen LogP) is 4.07. The van der Waals surface area contributed by atoms with E-state index in [1.54, 1.807) is 6.20 Å². The van der Waals surface area contributed by atoms with Gasteiger partial charge in [-0.05, 0) is 36.4 Å². The molecule has 94 valence electrons. The van der Waals surface area contributed by atoms with Gasteiger partial charge < -0.3 is 10.1 Å². The molecular formula is C16H14N2O. The summed E-state index contributed by atoms with van der Waals surface area (Å²) in [6.07, 6.45) is 1.80. The fraction of sp³-hybridized carbons (Fsp3) is 0.0625. The van der Waals surface area contributed by atoms with Crippen molar-refractivity contribution < 1.29 is 4.74 Å². The van der Waals surface area contributed by atoms with E-state index in [1.807, 2.05) is 61.6 Å². The Balaban J connectivity index is 2.01. The van der Waals surface area contributed by atoms with Gasteiger partial charge in [-0.25, -0.2) is 0 Å². The summed E-state index contributed by atoms with van der Waals surface area (Å²) in [6.45, 7) is 0. The Kier molecular flexibility index (Phi) is 3.02. The van der Waals surface area contributed by atoms with Crippen LogP contribution >= 0.6 is 0 Å². The van der Waals surface area contributed by atoms with Gasteiger partial charge in [-0.3, -0.25) is 4.98 Å². The summed E-state index contributed by atoms with van der Waals surface area (Å²) < 4.78 is 5.83. The summed E-state index contributed by atoms with van der Waals surface area (Å²) >= 11 is 0. The molecule has 1 heterocycles. The molecule has 0 unspecified atom stereocenters. The second-order valence-electron chi connectivity index (χ2n) is 4.20. The van der Waals surface area contributed by atoms with Crippen LogP contribution in [0.4, 0.5) is 5.69 Å². The minimum atomic E-state index is 0.809. The summed E-state index contributed by atoms with van der Waals surface area (Å²) in [7, 11) is 1.90. The Morgan fingerprint density at radius 1 is 0.947 bits per heavy atom. The second-order valence-corrected chi connectivity index (χ2v) is 4.20. The second kappa shape index (κ2) is 4.98. The number of hydrogen-bond acceptors (Lipinski definition) is 3. The molecule has 0 saturated carbocycles. The highest BCUT2D eigenvalue weighted by Crippen LogP contribution is 2.28. The lowest BCUT2D eigenvalue weighted by molar-refractivity contribution is 0.483. The number of hydrogen-bond donors (Lipinski definition) is 1. The average Bonchev–Trinajstić information content (AvgIpc) is 2.47. The third-order valence-corrected chi connectivity index (χ3v) is 2.96. The van der Waals surface area contributed by atoms with Crippen LogP contribution in [0.25, 0.3) is 10.9 Å². The Morgan fingerprint density at radius 3 is 2.58 bits per heavy atom. The third-order valence-electron chi connectivity index (χ3n) is 2.96. The Morgan fingerprint density at radius 2 is 1.79 bits per heavy atom. The van der Waals surface area contributed by atoms with E-state index in [-0.39, 0.29) is 0 Å². The van der Waals surface area contributed by atoms with Gasteiger partial charge in [0.25, 0.3) is 0 Å². The van der Waals surface area contributed by atoms with E-state index in [0.717, 1.165) is 28.1 Å². The predicted molar refractivity (Wildman–Crippen MR) is 77.8 cm³/mol. The SMILES string of the molecule is CNc1ccnc2ccc(Oc3ccccc3)cc12. The van der Waals surface area contributed by atoms with Crippen molar-refractivity contribution in [3.8, 4) is 11.5 Å². The topological polar surface area (TPSA) is 34.2 Å². The molecule has 1 aromatic heterocycles. The number of aromatic nitrogens is 1. The number of nitrogens with zero attached hydrogens (tertiary/aromatic N) is 1. The first-order valence-corrected chi connectivity index (χ1v) is 6.16. The lowest BCUT2D eigenvalue weighted by atomic mass is 10.2. The van der Waals surface area contributed by atoms with Crippen LogP contribution in [0, 0.1) is 0 Å². The molecule has 0 aliphatic carbocycles. The van der Waals surface area contributed by atoms with E-state index >= 15 is 0 Å². The van der Waals surface area contributed by atoms with Crippen LogP contribution in [0.1, 0.15) is 0 Å². The van der Waals surface area contributed by atoms with E-state index in [0.29, 0.717) is 0 Å². The van der Waals surface area contributed by atoms with Crippen LogP contribution < -0.4 is 10.1 Å². The zero-order valence-electron chi connectivity index (χ0n) is 10.6. The molecule has 0 spiro atoms. The molecule has 0 bridgehead atoms. The van der Waals surface area contributed by atoms with Gasteiger partial charge in [0, 0.05) is 24.3 Å². The molecule has 0 saturated heterocycles. The Bertz CT molecular complexity index is 695. The van der Waals surface area contributed by atoms with Crippen LogP contribution in [0.3, 0.4) is 0 Å². The third kappa shape index (κ3) is 2.36. The maximum atomic E-state index is 5.83. The number of ether oxygens (including phenoxy) is 1. The van der Waals surface area contributed by atoms with Gasteiger partial charge in [0.1, 0.15) is 11.5 Å². The first-order valence-electron chi connectivity index (χ1n) is 6.16. The van der Waals surface area contributed by atoms with Crippen molar-refractivity contribution in [2.75, 3.05) is 12.4 Å². The molecule has 3 aromatic rings. The van der Waals surface area contributed by atoms with Crippen molar-refractivity contribution in [2.45, 2.75) is 0 Å². The first kappa shape index (κ1) is 11.5. The molecule has 0 atom stereocenters. The Hall–Kier alpha value is -2.55. The van der Waals surface area contributed by atoms with Gasteiger partial charge in [0.05, 0.1) is 5.52 Å². The van der Waals surface area contributed by atoms with Crippen molar-refractivity contribution in [3.63, 3.8) is 0 Å². The minimum absolute atomic E-state index is 0.809. The number of pyridine rings is 1. The van der Waals surface area contributed by atoms with E-state index in [2.05, 4.69) is 10.3 Å². The van der Waals surface area contributed by atoms with Crippen molar-refractivity contribution in [1.82, 2.24) is 4.98 Å². The van der Waals surface area contributed by atoms with Gasteiger partial charge >= 0.3 is 0 Å². The zero-order chi connectivity index (χ0) is 13.1. The van der Waals surface area contributed by atoms with Crippen LogP contribution in [-0.2, 0) is 0 Å². The maximum absolute atomic E-state index is 5.83. The molecule has 0 radical (unpaired) electrons. The van der Waals surface area contributed by atoms with Crippen molar-refractivity contribution in [3.05, 3.63) is 60.8 Å². The number of anilines is 1. The molecule has 3 heteroatoms. The molecule has 0 fully saturated rings. The largest absolute Gasteiger partial charge is 0.457 e. The van der Waals surface area contributed by atoms with Gasteiger partial charge in [-0.1, -0.05) is 18.2 Å². The highest BCUT2D eigenvalue weighted by atomic mass is 16.5. The summed E-state index contributed by atoms with van der Waals surface area (Å²) in [5.74, 6) is 1.64. The zero-order valence-corrected chi connectivity index (χ0v) is 10.6. The molecule has 3 nitrogen and oxygen atoms in total. The summed E-state index contributed by atoms with van der Waals surface area (Å²) in [6, 6.07) is 17.6. The lowest BCUT2D eigenvalue weighted by Gasteiger charge is -2.09. The van der Waals surface area contributed by atoms with E-state index in [1.165, 1.54) is 0 Å².